The van der Waals surface area contributed by atoms with Gasteiger partial charge in [0.25, 0.3) is 0 Å². The highest BCUT2D eigenvalue weighted by atomic mass is 35.5. The highest BCUT2D eigenvalue weighted by molar-refractivity contribution is 6.31. The number of nitrogens with zero attached hydrogens (tertiary/aromatic N) is 2. The molecule has 0 saturated heterocycles. The van der Waals surface area contributed by atoms with Gasteiger partial charge in [-0.15, -0.1) is 10.2 Å². The van der Waals surface area contributed by atoms with Gasteiger partial charge in [0.2, 0.25) is 0 Å². The molecule has 0 spiro atoms. The maximum absolute atomic E-state index is 10.2. The molecule has 25 heavy (non-hydrogen) atoms. The first-order chi connectivity index (χ1) is 11.9. The molecule has 2 N–H and O–H groups in total. The van der Waals surface area contributed by atoms with Gasteiger partial charge in [0.05, 0.1) is 5.60 Å². The SMILES string of the molecule is COC(C)(C)CNc1nnc(-c2cc(Cl)ccc2O)c2ccccc12. The lowest BCUT2D eigenvalue weighted by Gasteiger charge is -2.23. The number of phenols is 1. The average Bonchev–Trinajstić information content (AvgIpc) is 2.62. The summed E-state index contributed by atoms with van der Waals surface area (Å²) in [4.78, 5) is 0. The van der Waals surface area contributed by atoms with Crippen molar-refractivity contribution in [2.45, 2.75) is 19.4 Å². The Balaban J connectivity index is 2.09. The van der Waals surface area contributed by atoms with E-state index in [9.17, 15) is 5.11 Å². The molecular weight excluding hydrogens is 338 g/mol. The number of aromatic nitrogens is 2. The molecule has 0 saturated carbocycles. The predicted molar refractivity (Wildman–Crippen MR) is 101 cm³/mol. The fourth-order valence-electron chi connectivity index (χ4n) is 2.50. The van der Waals surface area contributed by atoms with Gasteiger partial charge in [0.1, 0.15) is 11.4 Å². The fourth-order valence-corrected chi connectivity index (χ4v) is 2.67. The molecule has 3 aromatic rings. The number of methoxy groups -OCH3 is 1. The molecule has 0 radical (unpaired) electrons. The summed E-state index contributed by atoms with van der Waals surface area (Å²) in [5, 5.41) is 24.5. The van der Waals surface area contributed by atoms with Crippen molar-refractivity contribution in [3.8, 4) is 17.0 Å². The normalized spacial score (nSPS) is 11.7. The van der Waals surface area contributed by atoms with Gasteiger partial charge in [-0.3, -0.25) is 0 Å². The van der Waals surface area contributed by atoms with E-state index in [0.29, 0.717) is 28.6 Å². The Morgan fingerprint density at radius 3 is 2.56 bits per heavy atom. The summed E-state index contributed by atoms with van der Waals surface area (Å²) in [6.45, 7) is 4.58. The van der Waals surface area contributed by atoms with E-state index in [4.69, 9.17) is 16.3 Å². The number of phenolic OH excluding ortho intramolecular Hbond substituents is 1. The zero-order valence-corrected chi connectivity index (χ0v) is 15.1. The van der Waals surface area contributed by atoms with Crippen molar-refractivity contribution < 1.29 is 9.84 Å². The topological polar surface area (TPSA) is 67.3 Å². The highest BCUT2D eigenvalue weighted by Gasteiger charge is 2.18. The maximum atomic E-state index is 10.2. The molecule has 0 bridgehead atoms. The molecule has 0 aliphatic rings. The second-order valence-corrected chi connectivity index (χ2v) is 6.86. The van der Waals surface area contributed by atoms with Crippen LogP contribution in [0.5, 0.6) is 5.75 Å². The third-order valence-electron chi connectivity index (χ3n) is 4.14. The van der Waals surface area contributed by atoms with E-state index >= 15 is 0 Å². The number of fused-ring (bicyclic) bond motifs is 1. The summed E-state index contributed by atoms with van der Waals surface area (Å²) in [6, 6.07) is 12.7. The Hall–Kier alpha value is -2.37. The van der Waals surface area contributed by atoms with E-state index in [2.05, 4.69) is 15.5 Å². The Morgan fingerprint density at radius 2 is 1.84 bits per heavy atom. The van der Waals surface area contributed by atoms with Crippen molar-refractivity contribution >= 4 is 28.2 Å². The minimum Gasteiger partial charge on any atom is -0.507 e. The van der Waals surface area contributed by atoms with Crippen molar-refractivity contribution in [1.82, 2.24) is 10.2 Å². The number of benzene rings is 2. The molecule has 130 valence electrons. The molecule has 0 aliphatic heterocycles. The van der Waals surface area contributed by atoms with E-state index in [0.717, 1.165) is 10.8 Å². The molecule has 0 fully saturated rings. The summed E-state index contributed by atoms with van der Waals surface area (Å²) in [5.41, 5.74) is 0.819. The van der Waals surface area contributed by atoms with Crippen molar-refractivity contribution in [3.05, 3.63) is 47.5 Å². The third kappa shape index (κ3) is 3.67. The third-order valence-corrected chi connectivity index (χ3v) is 4.37. The van der Waals surface area contributed by atoms with Crippen LogP contribution in [0.4, 0.5) is 5.82 Å². The van der Waals surface area contributed by atoms with E-state index in [1.807, 2.05) is 38.1 Å². The van der Waals surface area contributed by atoms with Gasteiger partial charge in [0.15, 0.2) is 5.82 Å². The van der Waals surface area contributed by atoms with Crippen LogP contribution < -0.4 is 5.32 Å². The van der Waals surface area contributed by atoms with Crippen LogP contribution in [-0.2, 0) is 4.74 Å². The lowest BCUT2D eigenvalue weighted by molar-refractivity contribution is 0.0343. The maximum Gasteiger partial charge on any atom is 0.156 e. The van der Waals surface area contributed by atoms with Crippen LogP contribution >= 0.6 is 11.6 Å². The Labute approximate surface area is 151 Å². The van der Waals surface area contributed by atoms with Gasteiger partial charge in [-0.05, 0) is 32.0 Å². The number of halogens is 1. The van der Waals surface area contributed by atoms with E-state index < -0.39 is 0 Å². The number of hydrogen-bond acceptors (Lipinski definition) is 5. The number of ether oxygens (including phenoxy) is 1. The molecule has 0 amide bonds. The summed E-state index contributed by atoms with van der Waals surface area (Å²) >= 11 is 6.08. The van der Waals surface area contributed by atoms with Crippen LogP contribution in [0.25, 0.3) is 22.0 Å². The van der Waals surface area contributed by atoms with Crippen LogP contribution in [-0.4, -0.2) is 34.6 Å². The van der Waals surface area contributed by atoms with Crippen LogP contribution in [0.1, 0.15) is 13.8 Å². The molecule has 0 unspecified atom stereocenters. The van der Waals surface area contributed by atoms with Crippen LogP contribution in [0.3, 0.4) is 0 Å². The second-order valence-electron chi connectivity index (χ2n) is 6.42. The van der Waals surface area contributed by atoms with Crippen LogP contribution in [0.15, 0.2) is 42.5 Å². The predicted octanol–water partition coefficient (Wildman–Crippen LogP) is 4.49. The molecule has 0 aliphatic carbocycles. The lowest BCUT2D eigenvalue weighted by atomic mass is 10.0. The molecule has 1 aromatic heterocycles. The smallest absolute Gasteiger partial charge is 0.156 e. The van der Waals surface area contributed by atoms with Gasteiger partial charge in [-0.1, -0.05) is 35.9 Å². The molecular formula is C19H20ClN3O2. The average molecular weight is 358 g/mol. The van der Waals surface area contributed by atoms with Crippen molar-refractivity contribution in [3.63, 3.8) is 0 Å². The Morgan fingerprint density at radius 1 is 1.12 bits per heavy atom. The lowest BCUT2D eigenvalue weighted by Crippen LogP contribution is -2.32. The van der Waals surface area contributed by atoms with Crippen molar-refractivity contribution in [2.75, 3.05) is 19.0 Å². The van der Waals surface area contributed by atoms with Gasteiger partial charge in [-0.25, -0.2) is 0 Å². The van der Waals surface area contributed by atoms with Gasteiger partial charge in [0, 0.05) is 35.0 Å². The van der Waals surface area contributed by atoms with Gasteiger partial charge >= 0.3 is 0 Å². The van der Waals surface area contributed by atoms with E-state index in [1.54, 1.807) is 25.3 Å². The molecule has 0 atom stereocenters. The Bertz CT molecular complexity index is 912. The number of hydrogen-bond donors (Lipinski definition) is 2. The first-order valence-corrected chi connectivity index (χ1v) is 8.32. The zero-order valence-electron chi connectivity index (χ0n) is 14.4. The molecule has 6 heteroatoms. The standard InChI is InChI=1S/C19H20ClN3O2/c1-19(2,25-3)11-21-18-14-7-5-4-6-13(14)17(22-23-18)15-10-12(20)8-9-16(15)24/h4-10,24H,11H2,1-3H3,(H,21,23). The fraction of sp³-hybridized carbons (Fsp3) is 0.263. The summed E-state index contributed by atoms with van der Waals surface area (Å²) < 4.78 is 5.44. The minimum atomic E-state index is -0.327. The van der Waals surface area contributed by atoms with E-state index in [-0.39, 0.29) is 11.4 Å². The van der Waals surface area contributed by atoms with E-state index in [1.165, 1.54) is 0 Å². The highest BCUT2D eigenvalue weighted by Crippen LogP contribution is 2.36. The van der Waals surface area contributed by atoms with Crippen molar-refractivity contribution in [2.24, 2.45) is 0 Å². The van der Waals surface area contributed by atoms with Crippen molar-refractivity contribution in [1.29, 1.82) is 0 Å². The zero-order chi connectivity index (χ0) is 18.0. The van der Waals surface area contributed by atoms with Gasteiger partial charge in [-0.2, -0.15) is 0 Å². The number of anilines is 1. The van der Waals surface area contributed by atoms with Crippen LogP contribution in [0, 0.1) is 0 Å². The number of aromatic hydroxyl groups is 1. The summed E-state index contributed by atoms with van der Waals surface area (Å²) in [7, 11) is 1.68. The monoisotopic (exact) mass is 357 g/mol. The molecule has 2 aromatic carbocycles. The molecule has 1 heterocycles. The molecule has 5 nitrogen and oxygen atoms in total. The summed E-state index contributed by atoms with van der Waals surface area (Å²) in [5.74, 6) is 0.788. The number of nitrogens with one attached hydrogen (secondary N) is 1. The quantitative estimate of drug-likeness (QED) is 0.704. The summed E-state index contributed by atoms with van der Waals surface area (Å²) in [6.07, 6.45) is 0. The Kier molecular flexibility index (Phi) is 4.79. The second kappa shape index (κ2) is 6.86. The first kappa shape index (κ1) is 17.5. The minimum absolute atomic E-state index is 0.116. The number of rotatable bonds is 5. The molecule has 3 rings (SSSR count). The first-order valence-electron chi connectivity index (χ1n) is 7.94. The van der Waals surface area contributed by atoms with Crippen LogP contribution in [0.2, 0.25) is 5.02 Å². The largest absolute Gasteiger partial charge is 0.507 e. The van der Waals surface area contributed by atoms with Gasteiger partial charge < -0.3 is 15.2 Å².